The minimum absolute atomic E-state index is 0.182. The van der Waals surface area contributed by atoms with Crippen LogP contribution < -0.4 is 0 Å². The van der Waals surface area contributed by atoms with Crippen molar-refractivity contribution in [1.82, 2.24) is 9.55 Å². The molecule has 1 fully saturated rings. The lowest BCUT2D eigenvalue weighted by molar-refractivity contribution is 0.289. The van der Waals surface area contributed by atoms with Crippen molar-refractivity contribution >= 4 is 38.6 Å². The summed E-state index contributed by atoms with van der Waals surface area (Å²) in [5.41, 5.74) is 1.67. The Labute approximate surface area is 137 Å². The molecule has 2 aromatic rings. The molecule has 5 heteroatoms. The Morgan fingerprint density at radius 2 is 2.00 bits per heavy atom. The number of rotatable bonds is 2. The summed E-state index contributed by atoms with van der Waals surface area (Å²) in [6.07, 6.45) is 4.64. The van der Waals surface area contributed by atoms with Crippen LogP contribution in [0, 0.1) is 11.7 Å². The molecule has 0 spiro atoms. The number of aromatic nitrogens is 2. The van der Waals surface area contributed by atoms with E-state index in [9.17, 15) is 4.39 Å². The van der Waals surface area contributed by atoms with Crippen LogP contribution in [0.3, 0.4) is 0 Å². The van der Waals surface area contributed by atoms with Gasteiger partial charge in [-0.25, -0.2) is 9.37 Å². The standard InChI is InChI=1S/C16H19BrClFN2/c1-9-3-5-11(6-4-9)21-15-8-13(19)12(17)7-14(15)20-16(21)10(2)18/h7-11H,3-6H2,1-2H3. The smallest absolute Gasteiger partial charge is 0.139 e. The number of fused-ring (bicyclic) bond motifs is 1. The van der Waals surface area contributed by atoms with Gasteiger partial charge in [0.05, 0.1) is 20.9 Å². The highest BCUT2D eigenvalue weighted by atomic mass is 79.9. The van der Waals surface area contributed by atoms with Crippen LogP contribution in [0.2, 0.25) is 0 Å². The lowest BCUT2D eigenvalue weighted by Crippen LogP contribution is -2.19. The number of hydrogen-bond donors (Lipinski definition) is 0. The molecular weight excluding hydrogens is 355 g/mol. The van der Waals surface area contributed by atoms with Gasteiger partial charge in [0.25, 0.3) is 0 Å². The lowest BCUT2D eigenvalue weighted by atomic mass is 9.87. The Hall–Kier alpha value is -0.610. The van der Waals surface area contributed by atoms with E-state index < -0.39 is 0 Å². The third kappa shape index (κ3) is 2.85. The fourth-order valence-electron chi connectivity index (χ4n) is 3.27. The second-order valence-corrected chi connectivity index (χ2v) is 7.63. The van der Waals surface area contributed by atoms with Crippen molar-refractivity contribution in [1.29, 1.82) is 0 Å². The molecule has 1 aliphatic rings. The molecule has 0 aliphatic heterocycles. The molecule has 1 aliphatic carbocycles. The summed E-state index contributed by atoms with van der Waals surface area (Å²) in [6, 6.07) is 3.70. The summed E-state index contributed by atoms with van der Waals surface area (Å²) in [5, 5.41) is -0.182. The molecule has 1 heterocycles. The van der Waals surface area contributed by atoms with Crippen LogP contribution >= 0.6 is 27.5 Å². The van der Waals surface area contributed by atoms with Gasteiger partial charge in [-0.3, -0.25) is 0 Å². The van der Waals surface area contributed by atoms with Crippen molar-refractivity contribution in [2.45, 2.75) is 50.9 Å². The SMILES string of the molecule is CC1CCC(n2c(C(C)Cl)nc3cc(Br)c(F)cc32)CC1. The van der Waals surface area contributed by atoms with Crippen molar-refractivity contribution in [3.63, 3.8) is 0 Å². The second-order valence-electron chi connectivity index (χ2n) is 6.12. The fraction of sp³-hybridized carbons (Fsp3) is 0.562. The van der Waals surface area contributed by atoms with Crippen molar-refractivity contribution in [2.24, 2.45) is 5.92 Å². The molecular formula is C16H19BrClFN2. The highest BCUT2D eigenvalue weighted by molar-refractivity contribution is 9.10. The van der Waals surface area contributed by atoms with Crippen LogP contribution in [0.4, 0.5) is 4.39 Å². The molecule has 21 heavy (non-hydrogen) atoms. The Morgan fingerprint density at radius 3 is 2.62 bits per heavy atom. The highest BCUT2D eigenvalue weighted by Crippen LogP contribution is 2.38. The lowest BCUT2D eigenvalue weighted by Gasteiger charge is -2.29. The maximum absolute atomic E-state index is 13.9. The average Bonchev–Trinajstić information content (AvgIpc) is 2.79. The van der Waals surface area contributed by atoms with Gasteiger partial charge in [0, 0.05) is 12.1 Å². The van der Waals surface area contributed by atoms with Gasteiger partial charge in [0.15, 0.2) is 0 Å². The number of nitrogens with zero attached hydrogens (tertiary/aromatic N) is 2. The monoisotopic (exact) mass is 372 g/mol. The van der Waals surface area contributed by atoms with E-state index >= 15 is 0 Å². The van der Waals surface area contributed by atoms with E-state index in [1.54, 1.807) is 12.1 Å². The first-order chi connectivity index (χ1) is 9.97. The zero-order chi connectivity index (χ0) is 15.1. The molecule has 114 valence electrons. The maximum Gasteiger partial charge on any atom is 0.139 e. The van der Waals surface area contributed by atoms with E-state index in [-0.39, 0.29) is 11.2 Å². The van der Waals surface area contributed by atoms with Crippen molar-refractivity contribution in [3.05, 3.63) is 28.2 Å². The average molecular weight is 374 g/mol. The van der Waals surface area contributed by atoms with E-state index in [1.165, 1.54) is 12.8 Å². The minimum atomic E-state index is -0.249. The molecule has 1 atom stereocenters. The first kappa shape index (κ1) is 15.3. The van der Waals surface area contributed by atoms with Crippen LogP contribution in [0.15, 0.2) is 16.6 Å². The zero-order valence-electron chi connectivity index (χ0n) is 12.2. The summed E-state index contributed by atoms with van der Waals surface area (Å²) >= 11 is 9.55. The van der Waals surface area contributed by atoms with Crippen molar-refractivity contribution < 1.29 is 4.39 Å². The van der Waals surface area contributed by atoms with Gasteiger partial charge in [-0.2, -0.15) is 0 Å². The third-order valence-corrected chi connectivity index (χ3v) is 5.27. The van der Waals surface area contributed by atoms with Gasteiger partial charge in [0.1, 0.15) is 11.6 Å². The summed E-state index contributed by atoms with van der Waals surface area (Å²) < 4.78 is 16.6. The topological polar surface area (TPSA) is 17.8 Å². The first-order valence-corrected chi connectivity index (χ1v) is 8.71. The van der Waals surface area contributed by atoms with Crippen molar-refractivity contribution in [3.8, 4) is 0 Å². The Morgan fingerprint density at radius 1 is 1.33 bits per heavy atom. The Kier molecular flexibility index (Phi) is 4.28. The molecule has 3 rings (SSSR count). The van der Waals surface area contributed by atoms with Gasteiger partial charge in [-0.05, 0) is 60.5 Å². The second kappa shape index (κ2) is 5.88. The normalized spacial score (nSPS) is 24.4. The Balaban J connectivity index is 2.14. The molecule has 0 saturated heterocycles. The number of benzene rings is 1. The predicted molar refractivity (Wildman–Crippen MR) is 88.3 cm³/mol. The summed E-state index contributed by atoms with van der Waals surface area (Å²) in [7, 11) is 0. The quantitative estimate of drug-likeness (QED) is 0.591. The highest BCUT2D eigenvalue weighted by Gasteiger charge is 2.26. The van der Waals surface area contributed by atoms with Gasteiger partial charge in [-0.1, -0.05) is 6.92 Å². The third-order valence-electron chi connectivity index (χ3n) is 4.47. The van der Waals surface area contributed by atoms with Gasteiger partial charge >= 0.3 is 0 Å². The minimum Gasteiger partial charge on any atom is -0.324 e. The molecule has 0 bridgehead atoms. The van der Waals surface area contributed by atoms with Crippen LogP contribution in [0.5, 0.6) is 0 Å². The number of hydrogen-bond acceptors (Lipinski definition) is 1. The first-order valence-electron chi connectivity index (χ1n) is 7.48. The molecule has 0 amide bonds. The van der Waals surface area contributed by atoms with Crippen LogP contribution in [0.25, 0.3) is 11.0 Å². The van der Waals surface area contributed by atoms with Crippen molar-refractivity contribution in [2.75, 3.05) is 0 Å². The molecule has 0 N–H and O–H groups in total. The number of alkyl halides is 1. The number of halogens is 3. The van der Waals surface area contributed by atoms with Gasteiger partial charge < -0.3 is 4.57 Å². The van der Waals surface area contributed by atoms with Crippen LogP contribution in [0.1, 0.15) is 56.8 Å². The van der Waals surface area contributed by atoms with Crippen LogP contribution in [-0.4, -0.2) is 9.55 Å². The van der Waals surface area contributed by atoms with E-state index in [2.05, 4.69) is 32.4 Å². The molecule has 2 nitrogen and oxygen atoms in total. The molecule has 1 aromatic heterocycles. The van der Waals surface area contributed by atoms with E-state index in [0.717, 1.165) is 35.6 Å². The Bertz CT molecular complexity index is 660. The molecule has 1 saturated carbocycles. The molecule has 0 radical (unpaired) electrons. The predicted octanol–water partition coefficient (Wildman–Crippen LogP) is 5.99. The van der Waals surface area contributed by atoms with Crippen LogP contribution in [-0.2, 0) is 0 Å². The zero-order valence-corrected chi connectivity index (χ0v) is 14.6. The summed E-state index contributed by atoms with van der Waals surface area (Å²) in [5.74, 6) is 1.38. The maximum atomic E-state index is 13.9. The van der Waals surface area contributed by atoms with E-state index in [0.29, 0.717) is 10.5 Å². The molecule has 1 unspecified atom stereocenters. The largest absolute Gasteiger partial charge is 0.324 e. The van der Waals surface area contributed by atoms with Gasteiger partial charge in [0.2, 0.25) is 0 Å². The van der Waals surface area contributed by atoms with Gasteiger partial charge in [-0.15, -0.1) is 11.6 Å². The molecule has 1 aromatic carbocycles. The number of imidazole rings is 1. The van der Waals surface area contributed by atoms with E-state index in [1.807, 2.05) is 6.92 Å². The fourth-order valence-corrected chi connectivity index (χ4v) is 3.76. The summed E-state index contributed by atoms with van der Waals surface area (Å²) in [4.78, 5) is 4.64. The summed E-state index contributed by atoms with van der Waals surface area (Å²) in [6.45, 7) is 4.22. The van der Waals surface area contributed by atoms with E-state index in [4.69, 9.17) is 11.6 Å².